The van der Waals surface area contributed by atoms with Crippen LogP contribution in [0.25, 0.3) is 0 Å². The van der Waals surface area contributed by atoms with Gasteiger partial charge >= 0.3 is 0 Å². The lowest BCUT2D eigenvalue weighted by molar-refractivity contribution is -0.0505. The molecule has 2 fully saturated rings. The minimum Gasteiger partial charge on any atom is -0.504 e. The van der Waals surface area contributed by atoms with E-state index < -0.39 is 23.7 Å². The van der Waals surface area contributed by atoms with Crippen LogP contribution in [-0.2, 0) is 6.42 Å². The van der Waals surface area contributed by atoms with Crippen LogP contribution in [0, 0.1) is 17.3 Å². The van der Waals surface area contributed by atoms with Crippen molar-refractivity contribution in [1.82, 2.24) is 0 Å². The molecule has 5 N–H and O–H groups in total. The van der Waals surface area contributed by atoms with Gasteiger partial charge in [-0.25, -0.2) is 0 Å². The van der Waals surface area contributed by atoms with E-state index in [9.17, 15) is 25.5 Å². The standard InChI is InChI=1S/C18H24O5/c1-18-5-4-9-10(14(18)15(21)16(22)17(18)23)3-2-8-6-12(19)13(20)7-11(8)9/h6-7,9-10,14-17,19-23H,2-5H2,1H3/t9-,10+,14+,15+,16+,17-,18-/m0/s1. The summed E-state index contributed by atoms with van der Waals surface area (Å²) in [6.07, 6.45) is 0.334. The summed E-state index contributed by atoms with van der Waals surface area (Å²) in [6, 6.07) is 3.29. The summed E-state index contributed by atoms with van der Waals surface area (Å²) in [5.41, 5.74) is 1.64. The zero-order valence-electron chi connectivity index (χ0n) is 13.2. The first-order chi connectivity index (χ1) is 10.8. The summed E-state index contributed by atoms with van der Waals surface area (Å²) >= 11 is 0. The van der Waals surface area contributed by atoms with E-state index in [0.29, 0.717) is 0 Å². The first kappa shape index (κ1) is 15.2. The second-order valence-electron chi connectivity index (χ2n) is 7.85. The van der Waals surface area contributed by atoms with Crippen LogP contribution in [0.4, 0.5) is 0 Å². The SMILES string of the molecule is C[C@]12CC[C@@H]3c4cc(O)c(O)cc4CC[C@H]3[C@@H]1[C@@H](O)[C@@H](O)[C@@H]2O. The zero-order chi connectivity index (χ0) is 16.5. The van der Waals surface area contributed by atoms with Crippen LogP contribution in [0.3, 0.4) is 0 Å². The van der Waals surface area contributed by atoms with Crippen molar-refractivity contribution in [2.75, 3.05) is 0 Å². The van der Waals surface area contributed by atoms with E-state index in [1.54, 1.807) is 12.1 Å². The van der Waals surface area contributed by atoms with Gasteiger partial charge in [-0.15, -0.1) is 0 Å². The monoisotopic (exact) mass is 320 g/mol. The summed E-state index contributed by atoms with van der Waals surface area (Å²) in [4.78, 5) is 0. The minimum atomic E-state index is -1.08. The van der Waals surface area contributed by atoms with Crippen LogP contribution in [0.1, 0.15) is 43.2 Å². The highest BCUT2D eigenvalue weighted by atomic mass is 16.4. The average molecular weight is 320 g/mol. The van der Waals surface area contributed by atoms with Crippen molar-refractivity contribution in [2.45, 2.75) is 56.8 Å². The number of phenols is 2. The number of aliphatic hydroxyl groups excluding tert-OH is 3. The van der Waals surface area contributed by atoms with Gasteiger partial charge in [0.2, 0.25) is 0 Å². The van der Waals surface area contributed by atoms with Gasteiger partial charge in [0.15, 0.2) is 11.5 Å². The van der Waals surface area contributed by atoms with E-state index in [-0.39, 0.29) is 29.3 Å². The highest BCUT2D eigenvalue weighted by Gasteiger charge is 2.62. The Morgan fingerprint density at radius 2 is 1.70 bits per heavy atom. The summed E-state index contributed by atoms with van der Waals surface area (Å²) < 4.78 is 0. The van der Waals surface area contributed by atoms with E-state index in [2.05, 4.69) is 0 Å². The Kier molecular flexibility index (Phi) is 3.21. The molecule has 23 heavy (non-hydrogen) atoms. The molecule has 3 aliphatic rings. The van der Waals surface area contributed by atoms with Crippen molar-refractivity contribution in [2.24, 2.45) is 17.3 Å². The normalized spacial score (nSPS) is 45.2. The van der Waals surface area contributed by atoms with Gasteiger partial charge in [-0.3, -0.25) is 0 Å². The Bertz CT molecular complexity index is 645. The maximum atomic E-state index is 10.5. The summed E-state index contributed by atoms with van der Waals surface area (Å²) in [7, 11) is 0. The zero-order valence-corrected chi connectivity index (χ0v) is 13.2. The van der Waals surface area contributed by atoms with Crippen molar-refractivity contribution >= 4 is 0 Å². The van der Waals surface area contributed by atoms with E-state index in [1.165, 1.54) is 0 Å². The number of aromatic hydroxyl groups is 2. The predicted octanol–water partition coefficient (Wildman–Crippen LogP) is 1.26. The highest BCUT2D eigenvalue weighted by Crippen LogP contribution is 2.61. The molecule has 4 rings (SSSR count). The van der Waals surface area contributed by atoms with Crippen LogP contribution in [0.15, 0.2) is 12.1 Å². The largest absolute Gasteiger partial charge is 0.504 e. The molecule has 0 spiro atoms. The fourth-order valence-electron chi connectivity index (χ4n) is 5.65. The van der Waals surface area contributed by atoms with Gasteiger partial charge in [0.25, 0.3) is 0 Å². The number of aliphatic hydroxyl groups is 3. The van der Waals surface area contributed by atoms with Crippen LogP contribution in [-0.4, -0.2) is 43.8 Å². The van der Waals surface area contributed by atoms with Crippen molar-refractivity contribution in [3.8, 4) is 11.5 Å². The fraction of sp³-hybridized carbons (Fsp3) is 0.667. The van der Waals surface area contributed by atoms with Crippen molar-refractivity contribution < 1.29 is 25.5 Å². The molecule has 0 unspecified atom stereocenters. The third-order valence-corrected chi connectivity index (χ3v) is 6.83. The van der Waals surface area contributed by atoms with E-state index >= 15 is 0 Å². The second-order valence-corrected chi connectivity index (χ2v) is 7.85. The molecule has 0 heterocycles. The van der Waals surface area contributed by atoms with Crippen LogP contribution in [0.2, 0.25) is 0 Å². The molecule has 2 saturated carbocycles. The van der Waals surface area contributed by atoms with Crippen LogP contribution >= 0.6 is 0 Å². The number of rotatable bonds is 0. The number of phenolic OH excluding ortho intramolecular Hbond substituents is 2. The molecule has 126 valence electrons. The molecule has 0 aliphatic heterocycles. The van der Waals surface area contributed by atoms with E-state index in [4.69, 9.17) is 0 Å². The molecular weight excluding hydrogens is 296 g/mol. The molecule has 7 atom stereocenters. The van der Waals surface area contributed by atoms with Crippen LogP contribution < -0.4 is 0 Å². The average Bonchev–Trinajstić information content (AvgIpc) is 2.69. The Morgan fingerprint density at radius 1 is 1.00 bits per heavy atom. The summed E-state index contributed by atoms with van der Waals surface area (Å²) in [6.45, 7) is 1.97. The lowest BCUT2D eigenvalue weighted by Crippen LogP contribution is -2.46. The lowest BCUT2D eigenvalue weighted by Gasteiger charge is -2.50. The predicted molar refractivity (Wildman–Crippen MR) is 83.2 cm³/mol. The number of hydrogen-bond acceptors (Lipinski definition) is 5. The van der Waals surface area contributed by atoms with Crippen molar-refractivity contribution in [3.63, 3.8) is 0 Å². The molecule has 0 aromatic heterocycles. The Hall–Kier alpha value is -1.30. The first-order valence-electron chi connectivity index (χ1n) is 8.43. The number of hydrogen-bond donors (Lipinski definition) is 5. The van der Waals surface area contributed by atoms with Gasteiger partial charge in [0.1, 0.15) is 6.10 Å². The van der Waals surface area contributed by atoms with Gasteiger partial charge in [-0.1, -0.05) is 6.92 Å². The third kappa shape index (κ3) is 1.90. The Labute approximate surface area is 135 Å². The molecule has 3 aliphatic carbocycles. The fourth-order valence-corrected chi connectivity index (χ4v) is 5.65. The summed E-state index contributed by atoms with van der Waals surface area (Å²) in [5, 5.41) is 50.7. The maximum absolute atomic E-state index is 10.5. The van der Waals surface area contributed by atoms with E-state index in [1.807, 2.05) is 6.92 Å². The smallest absolute Gasteiger partial charge is 0.157 e. The molecule has 0 bridgehead atoms. The third-order valence-electron chi connectivity index (χ3n) is 6.83. The van der Waals surface area contributed by atoms with Crippen LogP contribution in [0.5, 0.6) is 11.5 Å². The maximum Gasteiger partial charge on any atom is 0.157 e. The van der Waals surface area contributed by atoms with Gasteiger partial charge in [-0.05, 0) is 66.7 Å². The molecule has 1 aromatic rings. The molecule has 0 saturated heterocycles. The highest BCUT2D eigenvalue weighted by molar-refractivity contribution is 5.48. The number of fused-ring (bicyclic) bond motifs is 5. The topological polar surface area (TPSA) is 101 Å². The van der Waals surface area contributed by atoms with Gasteiger partial charge in [0, 0.05) is 5.41 Å². The van der Waals surface area contributed by atoms with E-state index in [0.717, 1.165) is 36.8 Å². The lowest BCUT2D eigenvalue weighted by atomic mass is 9.55. The first-order valence-corrected chi connectivity index (χ1v) is 8.43. The Morgan fingerprint density at radius 3 is 2.43 bits per heavy atom. The van der Waals surface area contributed by atoms with Gasteiger partial charge in [-0.2, -0.15) is 0 Å². The van der Waals surface area contributed by atoms with Crippen molar-refractivity contribution in [1.29, 1.82) is 0 Å². The molecular formula is C18H24O5. The number of aryl methyl sites for hydroxylation is 1. The molecule has 0 amide bonds. The van der Waals surface area contributed by atoms with Gasteiger partial charge < -0.3 is 25.5 Å². The minimum absolute atomic E-state index is 0.0883. The summed E-state index contributed by atoms with van der Waals surface area (Å²) in [5.74, 6) is 0.0252. The second kappa shape index (κ2) is 4.85. The Balaban J connectivity index is 1.76. The quantitative estimate of drug-likeness (QED) is 0.463. The molecule has 0 radical (unpaired) electrons. The van der Waals surface area contributed by atoms with Crippen molar-refractivity contribution in [3.05, 3.63) is 23.3 Å². The van der Waals surface area contributed by atoms with Gasteiger partial charge in [0.05, 0.1) is 12.2 Å². The number of benzene rings is 1. The molecule has 5 heteroatoms. The molecule has 5 nitrogen and oxygen atoms in total. The molecule has 1 aromatic carbocycles.